The molecule has 142 valence electrons. The first kappa shape index (κ1) is 19.2. The first-order chi connectivity index (χ1) is 13.0. The molecular weight excluding hydrogens is 334 g/mol. The lowest BCUT2D eigenvalue weighted by atomic mass is 9.82. The largest absolute Gasteiger partial charge is 0.489 e. The molecule has 0 spiro atoms. The number of ether oxygens (including phenoxy) is 1. The van der Waals surface area contributed by atoms with Gasteiger partial charge in [0.15, 0.2) is 0 Å². The summed E-state index contributed by atoms with van der Waals surface area (Å²) in [5.41, 5.74) is 3.38. The van der Waals surface area contributed by atoms with Gasteiger partial charge in [-0.3, -0.25) is 4.79 Å². The third kappa shape index (κ3) is 5.22. The van der Waals surface area contributed by atoms with E-state index in [-0.39, 0.29) is 5.91 Å². The Kier molecular flexibility index (Phi) is 6.00. The van der Waals surface area contributed by atoms with Crippen LogP contribution in [0.5, 0.6) is 5.75 Å². The molecule has 1 amide bonds. The zero-order valence-corrected chi connectivity index (χ0v) is 16.4. The number of likely N-dealkylation sites (tertiary alicyclic amines) is 1. The van der Waals surface area contributed by atoms with Gasteiger partial charge in [0.2, 0.25) is 5.91 Å². The predicted molar refractivity (Wildman–Crippen MR) is 111 cm³/mol. The van der Waals surface area contributed by atoms with Crippen molar-refractivity contribution in [2.75, 3.05) is 13.1 Å². The minimum absolute atomic E-state index is 0.177. The molecule has 0 bridgehead atoms. The number of rotatable bonds is 6. The normalized spacial score (nSPS) is 16.0. The second-order valence-corrected chi connectivity index (χ2v) is 8.07. The molecule has 0 aliphatic carbocycles. The molecule has 1 aliphatic heterocycles. The molecular formula is C24H29NO2. The zero-order chi connectivity index (χ0) is 19.3. The summed E-state index contributed by atoms with van der Waals surface area (Å²) in [4.78, 5) is 14.8. The van der Waals surface area contributed by atoms with E-state index in [1.165, 1.54) is 0 Å². The van der Waals surface area contributed by atoms with E-state index in [9.17, 15) is 4.79 Å². The van der Waals surface area contributed by atoms with Gasteiger partial charge in [-0.1, -0.05) is 62.9 Å². The van der Waals surface area contributed by atoms with Crippen LogP contribution < -0.4 is 4.74 Å². The monoisotopic (exact) mass is 363 g/mol. The molecule has 0 unspecified atom stereocenters. The Morgan fingerprint density at radius 3 is 2.52 bits per heavy atom. The Bertz CT molecular complexity index is 785. The summed E-state index contributed by atoms with van der Waals surface area (Å²) in [6.45, 7) is 10.6. The topological polar surface area (TPSA) is 29.5 Å². The summed E-state index contributed by atoms with van der Waals surface area (Å²) in [7, 11) is 0. The van der Waals surface area contributed by atoms with E-state index in [2.05, 4.69) is 20.4 Å². The summed E-state index contributed by atoms with van der Waals surface area (Å²) in [5.74, 6) is 0.950. The lowest BCUT2D eigenvalue weighted by Gasteiger charge is -2.37. The highest BCUT2D eigenvalue weighted by Gasteiger charge is 2.28. The Hall–Kier alpha value is -2.55. The highest BCUT2D eigenvalue weighted by Crippen LogP contribution is 2.30. The smallest absolute Gasteiger partial charge is 0.227 e. The van der Waals surface area contributed by atoms with E-state index >= 15 is 0 Å². The summed E-state index contributed by atoms with van der Waals surface area (Å²) in [6, 6.07) is 16.0. The number of amides is 1. The van der Waals surface area contributed by atoms with Gasteiger partial charge < -0.3 is 9.64 Å². The zero-order valence-electron chi connectivity index (χ0n) is 16.4. The van der Waals surface area contributed by atoms with Gasteiger partial charge in [0.25, 0.3) is 0 Å². The van der Waals surface area contributed by atoms with Crippen molar-refractivity contribution in [3.05, 3.63) is 71.8 Å². The third-order valence-electron chi connectivity index (χ3n) is 5.37. The van der Waals surface area contributed by atoms with Crippen LogP contribution in [0.25, 0.3) is 6.08 Å². The van der Waals surface area contributed by atoms with Crippen LogP contribution in [0.2, 0.25) is 0 Å². The molecule has 1 saturated heterocycles. The number of hydrogen-bond acceptors (Lipinski definition) is 2. The lowest BCUT2D eigenvalue weighted by molar-refractivity contribution is -0.132. The van der Waals surface area contributed by atoms with Crippen molar-refractivity contribution >= 4 is 12.0 Å². The number of nitrogens with zero attached hydrogens (tertiary/aromatic N) is 1. The van der Waals surface area contributed by atoms with Gasteiger partial charge in [0.1, 0.15) is 12.4 Å². The van der Waals surface area contributed by atoms with Crippen molar-refractivity contribution in [1.29, 1.82) is 0 Å². The lowest BCUT2D eigenvalue weighted by Crippen LogP contribution is -2.41. The van der Waals surface area contributed by atoms with Crippen molar-refractivity contribution in [3.8, 4) is 5.75 Å². The minimum Gasteiger partial charge on any atom is -0.489 e. The first-order valence-corrected chi connectivity index (χ1v) is 9.67. The number of carbonyl (C=O) groups is 1. The molecule has 27 heavy (non-hydrogen) atoms. The standard InChI is InChI=1S/C24H29NO2/c1-4-19-10-11-22(27-18-20-8-6-5-7-9-20)21(16-19)17-23(26)25-14-12-24(2,3)13-15-25/h4-11,16H,1,12-15,17-18H2,2-3H3. The van der Waals surface area contributed by atoms with Crippen molar-refractivity contribution in [2.45, 2.75) is 39.7 Å². The maximum absolute atomic E-state index is 12.8. The SMILES string of the molecule is C=Cc1ccc(OCc2ccccc2)c(CC(=O)N2CCC(C)(C)CC2)c1. The number of hydrogen-bond donors (Lipinski definition) is 0. The Morgan fingerprint density at radius 2 is 1.85 bits per heavy atom. The van der Waals surface area contributed by atoms with Crippen LogP contribution in [-0.2, 0) is 17.8 Å². The quantitative estimate of drug-likeness (QED) is 0.714. The van der Waals surface area contributed by atoms with Crippen molar-refractivity contribution in [2.24, 2.45) is 5.41 Å². The summed E-state index contributed by atoms with van der Waals surface area (Å²) in [5, 5.41) is 0. The van der Waals surface area contributed by atoms with Crippen LogP contribution >= 0.6 is 0 Å². The second kappa shape index (κ2) is 8.43. The van der Waals surface area contributed by atoms with E-state index < -0.39 is 0 Å². The Labute approximate surface area is 162 Å². The van der Waals surface area contributed by atoms with Gasteiger partial charge in [-0.2, -0.15) is 0 Å². The number of benzene rings is 2. The highest BCUT2D eigenvalue weighted by atomic mass is 16.5. The molecule has 0 saturated carbocycles. The molecule has 0 radical (unpaired) electrons. The van der Waals surface area contributed by atoms with Gasteiger partial charge in [0.05, 0.1) is 6.42 Å². The summed E-state index contributed by atoms with van der Waals surface area (Å²) in [6.07, 6.45) is 4.29. The molecule has 0 aromatic heterocycles. The molecule has 3 rings (SSSR count). The third-order valence-corrected chi connectivity index (χ3v) is 5.37. The molecule has 0 atom stereocenters. The van der Waals surface area contributed by atoms with Crippen molar-refractivity contribution < 1.29 is 9.53 Å². The van der Waals surface area contributed by atoms with Crippen LogP contribution in [-0.4, -0.2) is 23.9 Å². The van der Waals surface area contributed by atoms with Crippen LogP contribution in [0.1, 0.15) is 43.4 Å². The van der Waals surface area contributed by atoms with Crippen LogP contribution in [0.15, 0.2) is 55.1 Å². The fourth-order valence-electron chi connectivity index (χ4n) is 3.38. The summed E-state index contributed by atoms with van der Waals surface area (Å²) >= 11 is 0. The molecule has 2 aromatic carbocycles. The molecule has 1 aliphatic rings. The highest BCUT2D eigenvalue weighted by molar-refractivity contribution is 5.80. The van der Waals surface area contributed by atoms with Gasteiger partial charge >= 0.3 is 0 Å². The van der Waals surface area contributed by atoms with E-state index in [0.29, 0.717) is 18.4 Å². The molecule has 3 heteroatoms. The van der Waals surface area contributed by atoms with E-state index in [1.807, 2.05) is 53.4 Å². The van der Waals surface area contributed by atoms with Crippen molar-refractivity contribution in [3.63, 3.8) is 0 Å². The first-order valence-electron chi connectivity index (χ1n) is 9.67. The maximum atomic E-state index is 12.8. The Morgan fingerprint density at radius 1 is 1.15 bits per heavy atom. The van der Waals surface area contributed by atoms with Crippen LogP contribution in [0, 0.1) is 5.41 Å². The van der Waals surface area contributed by atoms with Gasteiger partial charge in [-0.05, 0) is 41.5 Å². The van der Waals surface area contributed by atoms with Crippen molar-refractivity contribution in [1.82, 2.24) is 4.90 Å². The average Bonchev–Trinajstić information content (AvgIpc) is 2.67. The van der Waals surface area contributed by atoms with E-state index in [0.717, 1.165) is 48.4 Å². The van der Waals surface area contributed by atoms with Crippen LogP contribution in [0.3, 0.4) is 0 Å². The minimum atomic E-state index is 0.177. The fraction of sp³-hybridized carbons (Fsp3) is 0.375. The molecule has 2 aromatic rings. The molecule has 1 fully saturated rings. The summed E-state index contributed by atoms with van der Waals surface area (Å²) < 4.78 is 6.04. The number of carbonyl (C=O) groups excluding carboxylic acids is 1. The van der Waals surface area contributed by atoms with Gasteiger partial charge in [-0.25, -0.2) is 0 Å². The van der Waals surface area contributed by atoms with Gasteiger partial charge in [-0.15, -0.1) is 0 Å². The molecule has 0 N–H and O–H groups in total. The fourth-order valence-corrected chi connectivity index (χ4v) is 3.38. The van der Waals surface area contributed by atoms with Gasteiger partial charge in [0, 0.05) is 18.7 Å². The molecule has 3 nitrogen and oxygen atoms in total. The maximum Gasteiger partial charge on any atom is 0.227 e. The molecule has 1 heterocycles. The second-order valence-electron chi connectivity index (χ2n) is 8.07. The number of piperidine rings is 1. The van der Waals surface area contributed by atoms with E-state index in [4.69, 9.17) is 4.74 Å². The van der Waals surface area contributed by atoms with E-state index in [1.54, 1.807) is 6.08 Å². The Balaban J connectivity index is 1.70. The predicted octanol–water partition coefficient (Wildman–Crippen LogP) is 5.10. The average molecular weight is 364 g/mol. The van der Waals surface area contributed by atoms with Crippen LogP contribution in [0.4, 0.5) is 0 Å².